The Morgan fingerprint density at radius 2 is 1.79 bits per heavy atom. The summed E-state index contributed by atoms with van der Waals surface area (Å²) >= 11 is 0. The molecule has 0 aromatic rings. The Bertz CT molecular complexity index is 314. The van der Waals surface area contributed by atoms with Crippen LogP contribution in [0.5, 0.6) is 0 Å². The molecule has 0 aliphatic rings. The third kappa shape index (κ3) is 8.18. The highest BCUT2D eigenvalue weighted by Gasteiger charge is 2.22. The Kier molecular flexibility index (Phi) is 8.57. The van der Waals surface area contributed by atoms with Gasteiger partial charge in [0, 0.05) is 6.42 Å². The van der Waals surface area contributed by atoms with Crippen molar-refractivity contribution >= 4 is 17.8 Å². The van der Waals surface area contributed by atoms with Crippen LogP contribution in [0.1, 0.15) is 40.0 Å². The van der Waals surface area contributed by atoms with Gasteiger partial charge in [-0.1, -0.05) is 13.8 Å². The van der Waals surface area contributed by atoms with E-state index in [-0.39, 0.29) is 24.7 Å². The van der Waals surface area contributed by atoms with Crippen LogP contribution >= 0.6 is 0 Å². The summed E-state index contributed by atoms with van der Waals surface area (Å²) in [5.74, 6) is -1.01. The van der Waals surface area contributed by atoms with E-state index in [1.807, 2.05) is 13.8 Å². The quantitative estimate of drug-likeness (QED) is 0.668. The predicted octanol–water partition coefficient (Wildman–Crippen LogP) is 1.03. The lowest BCUT2D eigenvalue weighted by Crippen LogP contribution is -2.42. The second-order valence-corrected chi connectivity index (χ2v) is 4.58. The van der Waals surface area contributed by atoms with Crippen molar-refractivity contribution in [2.75, 3.05) is 13.7 Å². The molecule has 1 N–H and O–H groups in total. The number of hydrogen-bond donors (Lipinski definition) is 1. The molecule has 0 aliphatic carbocycles. The van der Waals surface area contributed by atoms with E-state index in [9.17, 15) is 14.4 Å². The van der Waals surface area contributed by atoms with Crippen molar-refractivity contribution in [2.24, 2.45) is 5.92 Å². The highest BCUT2D eigenvalue weighted by molar-refractivity contribution is 5.86. The number of rotatable bonds is 8. The molecule has 1 atom stereocenters. The first-order valence-electron chi connectivity index (χ1n) is 6.43. The fraction of sp³-hybridized carbons (Fsp3) is 0.769. The van der Waals surface area contributed by atoms with Crippen LogP contribution in [0.25, 0.3) is 0 Å². The Morgan fingerprint density at radius 3 is 2.26 bits per heavy atom. The monoisotopic (exact) mass is 273 g/mol. The van der Waals surface area contributed by atoms with Crippen molar-refractivity contribution in [3.8, 4) is 0 Å². The van der Waals surface area contributed by atoms with Gasteiger partial charge in [0.25, 0.3) is 0 Å². The first-order chi connectivity index (χ1) is 8.90. The number of esters is 2. The number of ether oxygens (including phenoxy) is 2. The van der Waals surface area contributed by atoms with Gasteiger partial charge in [-0.15, -0.1) is 0 Å². The van der Waals surface area contributed by atoms with Gasteiger partial charge in [0.1, 0.15) is 6.04 Å². The molecule has 0 aromatic carbocycles. The average Bonchev–Trinajstić information content (AvgIpc) is 2.34. The summed E-state index contributed by atoms with van der Waals surface area (Å²) in [5, 5.41) is 2.58. The lowest BCUT2D eigenvalue weighted by Gasteiger charge is -2.18. The molecule has 19 heavy (non-hydrogen) atoms. The van der Waals surface area contributed by atoms with Crippen LogP contribution in [0.2, 0.25) is 0 Å². The van der Waals surface area contributed by atoms with Crippen LogP contribution in [0, 0.1) is 5.92 Å². The molecule has 110 valence electrons. The number of methoxy groups -OCH3 is 1. The van der Waals surface area contributed by atoms with Gasteiger partial charge in [-0.2, -0.15) is 0 Å². The Labute approximate surface area is 113 Å². The van der Waals surface area contributed by atoms with Gasteiger partial charge in [-0.3, -0.25) is 9.59 Å². The van der Waals surface area contributed by atoms with Crippen LogP contribution in [-0.4, -0.2) is 37.6 Å². The minimum atomic E-state index is -0.667. The number of nitrogens with one attached hydrogen (secondary N) is 1. The summed E-state index contributed by atoms with van der Waals surface area (Å²) in [6.07, 6.45) is 0.511. The number of hydrogen-bond acceptors (Lipinski definition) is 5. The maximum atomic E-state index is 11.6. The van der Waals surface area contributed by atoms with Gasteiger partial charge < -0.3 is 14.8 Å². The number of amides is 1. The maximum Gasteiger partial charge on any atom is 0.328 e. The molecule has 0 bridgehead atoms. The largest absolute Gasteiger partial charge is 0.467 e. The van der Waals surface area contributed by atoms with E-state index >= 15 is 0 Å². The summed E-state index contributed by atoms with van der Waals surface area (Å²) in [5.41, 5.74) is 0. The van der Waals surface area contributed by atoms with Gasteiger partial charge in [-0.25, -0.2) is 4.79 Å². The maximum absolute atomic E-state index is 11.6. The average molecular weight is 273 g/mol. The molecule has 1 unspecified atom stereocenters. The summed E-state index contributed by atoms with van der Waals surface area (Å²) in [7, 11) is 1.28. The standard InChI is InChI=1S/C13H23NO5/c1-5-19-12(16)7-6-11(15)14-10(8-9(2)3)13(17)18-4/h9-10H,5-8H2,1-4H3,(H,14,15). The topological polar surface area (TPSA) is 81.7 Å². The van der Waals surface area contributed by atoms with Gasteiger partial charge in [-0.05, 0) is 19.3 Å². The fourth-order valence-electron chi connectivity index (χ4n) is 1.54. The molecule has 6 nitrogen and oxygen atoms in total. The molecule has 0 heterocycles. The highest BCUT2D eigenvalue weighted by Crippen LogP contribution is 2.07. The molecule has 0 radical (unpaired) electrons. The molecule has 0 spiro atoms. The van der Waals surface area contributed by atoms with E-state index in [0.29, 0.717) is 13.0 Å². The van der Waals surface area contributed by atoms with Crippen LogP contribution in [0.4, 0.5) is 0 Å². The van der Waals surface area contributed by atoms with E-state index in [1.165, 1.54) is 7.11 Å². The normalized spacial score (nSPS) is 11.8. The third-order valence-electron chi connectivity index (χ3n) is 2.39. The summed E-state index contributed by atoms with van der Waals surface area (Å²) in [6, 6.07) is -0.667. The molecule has 0 aromatic heterocycles. The second-order valence-electron chi connectivity index (χ2n) is 4.58. The van der Waals surface area contributed by atoms with Crippen molar-refractivity contribution in [1.82, 2.24) is 5.32 Å². The fourth-order valence-corrected chi connectivity index (χ4v) is 1.54. The molecule has 0 aliphatic heterocycles. The Morgan fingerprint density at radius 1 is 1.16 bits per heavy atom. The van der Waals surface area contributed by atoms with Gasteiger partial charge in [0.2, 0.25) is 5.91 Å². The lowest BCUT2D eigenvalue weighted by molar-refractivity contribution is -0.146. The van der Waals surface area contributed by atoms with Crippen LogP contribution in [-0.2, 0) is 23.9 Å². The van der Waals surface area contributed by atoms with E-state index in [1.54, 1.807) is 6.92 Å². The zero-order valence-corrected chi connectivity index (χ0v) is 12.0. The lowest BCUT2D eigenvalue weighted by atomic mass is 10.0. The van der Waals surface area contributed by atoms with Crippen molar-refractivity contribution in [3.05, 3.63) is 0 Å². The van der Waals surface area contributed by atoms with Crippen LogP contribution in [0.3, 0.4) is 0 Å². The van der Waals surface area contributed by atoms with E-state index in [0.717, 1.165) is 0 Å². The highest BCUT2D eigenvalue weighted by atomic mass is 16.5. The number of carbonyl (C=O) groups is 3. The molecule has 6 heteroatoms. The molecule has 1 amide bonds. The van der Waals surface area contributed by atoms with Gasteiger partial charge in [0.15, 0.2) is 0 Å². The molecular weight excluding hydrogens is 250 g/mol. The summed E-state index contributed by atoms with van der Waals surface area (Å²) < 4.78 is 9.35. The summed E-state index contributed by atoms with van der Waals surface area (Å²) in [6.45, 7) is 5.88. The van der Waals surface area contributed by atoms with Crippen LogP contribution in [0.15, 0.2) is 0 Å². The summed E-state index contributed by atoms with van der Waals surface area (Å²) in [4.78, 5) is 34.2. The van der Waals surface area contributed by atoms with Crippen molar-refractivity contribution in [3.63, 3.8) is 0 Å². The molecule has 0 saturated carbocycles. The minimum absolute atomic E-state index is 0.00439. The minimum Gasteiger partial charge on any atom is -0.467 e. The first kappa shape index (κ1) is 17.4. The second kappa shape index (κ2) is 9.35. The first-order valence-corrected chi connectivity index (χ1v) is 6.43. The molecule has 0 rings (SSSR count). The van der Waals surface area contributed by atoms with Gasteiger partial charge in [0.05, 0.1) is 20.1 Å². The van der Waals surface area contributed by atoms with E-state index in [4.69, 9.17) is 4.74 Å². The zero-order chi connectivity index (χ0) is 14.8. The SMILES string of the molecule is CCOC(=O)CCC(=O)NC(CC(C)C)C(=O)OC. The van der Waals surface area contributed by atoms with Crippen molar-refractivity contribution in [2.45, 2.75) is 46.1 Å². The Balaban J connectivity index is 4.23. The molecule has 0 saturated heterocycles. The van der Waals surface area contributed by atoms with E-state index < -0.39 is 18.0 Å². The van der Waals surface area contributed by atoms with Gasteiger partial charge >= 0.3 is 11.9 Å². The smallest absolute Gasteiger partial charge is 0.328 e. The van der Waals surface area contributed by atoms with Crippen LogP contribution < -0.4 is 5.32 Å². The predicted molar refractivity (Wildman–Crippen MR) is 69.3 cm³/mol. The molecule has 0 fully saturated rings. The number of carbonyl (C=O) groups excluding carboxylic acids is 3. The molecular formula is C13H23NO5. The Hall–Kier alpha value is -1.59. The zero-order valence-electron chi connectivity index (χ0n) is 12.0. The van der Waals surface area contributed by atoms with Crippen molar-refractivity contribution in [1.29, 1.82) is 0 Å². The van der Waals surface area contributed by atoms with E-state index in [2.05, 4.69) is 10.1 Å². The third-order valence-corrected chi connectivity index (χ3v) is 2.39. The van der Waals surface area contributed by atoms with Crippen molar-refractivity contribution < 1.29 is 23.9 Å².